The number of carbonyl (C=O) groups excluding carboxylic acids is 3. The van der Waals surface area contributed by atoms with Crippen LogP contribution in [-0.2, 0) is 14.3 Å². The molecule has 0 radical (unpaired) electrons. The summed E-state index contributed by atoms with van der Waals surface area (Å²) in [5.41, 5.74) is -0.414. The number of amides is 3. The lowest BCUT2D eigenvalue weighted by Crippen LogP contribution is -2.50. The van der Waals surface area contributed by atoms with Crippen LogP contribution < -0.4 is 19.9 Å². The van der Waals surface area contributed by atoms with Crippen LogP contribution in [-0.4, -0.2) is 49.7 Å². The minimum absolute atomic E-state index is 0.0351. The Morgan fingerprint density at radius 1 is 1.31 bits per heavy atom. The molecule has 2 aliphatic rings. The van der Waals surface area contributed by atoms with Gasteiger partial charge < -0.3 is 14.8 Å². The molecule has 1 N–H and O–H groups in total. The van der Waals surface area contributed by atoms with Crippen LogP contribution in [0.2, 0.25) is 0 Å². The first kappa shape index (κ1) is 18.0. The molecule has 9 heteroatoms. The summed E-state index contributed by atoms with van der Waals surface area (Å²) in [6.45, 7) is 5.11. The lowest BCUT2D eigenvalue weighted by Gasteiger charge is -2.39. The first-order chi connectivity index (χ1) is 12.1. The van der Waals surface area contributed by atoms with Gasteiger partial charge in [-0.2, -0.15) is 0 Å². The topological polar surface area (TPSA) is 88.2 Å². The Balaban J connectivity index is 1.99. The van der Waals surface area contributed by atoms with Crippen molar-refractivity contribution in [3.63, 3.8) is 0 Å². The number of rotatable bonds is 2. The maximum absolute atomic E-state index is 14.9. The number of nitrogens with zero attached hydrogens (tertiary/aromatic N) is 2. The van der Waals surface area contributed by atoms with E-state index < -0.39 is 29.5 Å². The van der Waals surface area contributed by atoms with Crippen LogP contribution in [0.3, 0.4) is 0 Å². The highest BCUT2D eigenvalue weighted by Gasteiger charge is 2.40. The number of hydrogen-bond acceptors (Lipinski definition) is 5. The van der Waals surface area contributed by atoms with Crippen molar-refractivity contribution in [2.24, 2.45) is 0 Å². The van der Waals surface area contributed by atoms with Crippen molar-refractivity contribution >= 4 is 29.3 Å². The van der Waals surface area contributed by atoms with Gasteiger partial charge in [-0.1, -0.05) is 0 Å². The summed E-state index contributed by atoms with van der Waals surface area (Å²) in [5, 5.41) is 2.40. The number of likely N-dealkylation sites (N-methyl/N-ethyl adjacent to an activating group) is 1. The van der Waals surface area contributed by atoms with E-state index in [4.69, 9.17) is 9.47 Å². The first-order valence-electron chi connectivity index (χ1n) is 8.12. The number of benzene rings is 1. The average molecular weight is 365 g/mol. The number of halogens is 1. The Morgan fingerprint density at radius 2 is 2.00 bits per heavy atom. The van der Waals surface area contributed by atoms with Crippen LogP contribution in [0.5, 0.6) is 5.75 Å². The van der Waals surface area contributed by atoms with E-state index in [9.17, 15) is 18.8 Å². The largest absolute Gasteiger partial charge is 0.481 e. The highest BCUT2D eigenvalue weighted by Crippen LogP contribution is 2.42. The van der Waals surface area contributed by atoms with Crippen LogP contribution in [0.25, 0.3) is 0 Å². The van der Waals surface area contributed by atoms with E-state index in [1.165, 1.54) is 18.0 Å². The third-order valence-corrected chi connectivity index (χ3v) is 4.17. The summed E-state index contributed by atoms with van der Waals surface area (Å²) in [6.07, 6.45) is -1.72. The molecular formula is C17H20FN3O5. The van der Waals surface area contributed by atoms with E-state index in [1.54, 1.807) is 20.8 Å². The quantitative estimate of drug-likeness (QED) is 0.856. The number of nitrogens with one attached hydrogen (secondary N) is 1. The molecule has 0 bridgehead atoms. The summed E-state index contributed by atoms with van der Waals surface area (Å²) in [6, 6.07) is 2.60. The van der Waals surface area contributed by atoms with E-state index in [0.29, 0.717) is 0 Å². The number of hydrogen-bond donors (Lipinski definition) is 1. The van der Waals surface area contributed by atoms with Crippen LogP contribution in [0, 0.1) is 5.82 Å². The summed E-state index contributed by atoms with van der Waals surface area (Å²) in [4.78, 5) is 38.4. The van der Waals surface area contributed by atoms with E-state index in [1.807, 2.05) is 0 Å². The smallest absolute Gasteiger partial charge is 0.415 e. The Kier molecular flexibility index (Phi) is 4.25. The number of fused-ring (bicyclic) bond motifs is 1. The minimum Gasteiger partial charge on any atom is -0.481 e. The Hall–Kier alpha value is -2.84. The maximum atomic E-state index is 14.9. The van der Waals surface area contributed by atoms with Gasteiger partial charge in [-0.3, -0.25) is 19.4 Å². The molecule has 1 aromatic carbocycles. The second-order valence-corrected chi connectivity index (χ2v) is 7.06. The fraction of sp³-hybridized carbons (Fsp3) is 0.471. The summed E-state index contributed by atoms with van der Waals surface area (Å²) in [5.74, 6) is -1.33. The van der Waals surface area contributed by atoms with E-state index >= 15 is 0 Å². The van der Waals surface area contributed by atoms with Gasteiger partial charge in [0, 0.05) is 24.7 Å². The Morgan fingerprint density at radius 3 is 2.62 bits per heavy atom. The average Bonchev–Trinajstić information content (AvgIpc) is 2.95. The Bertz CT molecular complexity index is 789. The van der Waals surface area contributed by atoms with Crippen LogP contribution >= 0.6 is 0 Å². The standard InChI is InChI=1S/C17H20FN3O5/c1-17(2,3)21-13(22)8-25-11-6-9(5-10(18)14(11)21)20-7-12(15(23)19-4)26-16(20)24/h5-6,12H,7-8H2,1-4H3,(H,19,23)/t12-/m1/s1. The second kappa shape index (κ2) is 6.15. The van der Waals surface area contributed by atoms with Crippen molar-refractivity contribution in [1.82, 2.24) is 5.32 Å². The van der Waals surface area contributed by atoms with Gasteiger partial charge >= 0.3 is 6.09 Å². The molecule has 0 unspecified atom stereocenters. The monoisotopic (exact) mass is 365 g/mol. The predicted octanol–water partition coefficient (Wildman–Crippen LogP) is 1.42. The fourth-order valence-corrected chi connectivity index (χ4v) is 3.05. The number of ether oxygens (including phenoxy) is 2. The SMILES string of the molecule is CNC(=O)[C@H]1CN(c2cc(F)c3c(c2)OCC(=O)N3C(C)(C)C)C(=O)O1. The van der Waals surface area contributed by atoms with Crippen molar-refractivity contribution in [2.45, 2.75) is 32.4 Å². The van der Waals surface area contributed by atoms with Gasteiger partial charge in [-0.05, 0) is 20.8 Å². The maximum Gasteiger partial charge on any atom is 0.415 e. The van der Waals surface area contributed by atoms with Crippen LogP contribution in [0.15, 0.2) is 12.1 Å². The van der Waals surface area contributed by atoms with Gasteiger partial charge in [0.15, 0.2) is 18.5 Å². The molecule has 0 aromatic heterocycles. The van der Waals surface area contributed by atoms with Crippen LogP contribution in [0.1, 0.15) is 20.8 Å². The Labute approximate surface area is 149 Å². The summed E-state index contributed by atoms with van der Waals surface area (Å²) in [7, 11) is 1.43. The number of cyclic esters (lactones) is 1. The zero-order valence-electron chi connectivity index (χ0n) is 15.0. The molecule has 140 valence electrons. The lowest BCUT2D eigenvalue weighted by atomic mass is 10.0. The molecule has 1 saturated heterocycles. The molecular weight excluding hydrogens is 345 g/mol. The van der Waals surface area contributed by atoms with Gasteiger partial charge in [0.05, 0.1) is 12.2 Å². The molecule has 1 atom stereocenters. The highest BCUT2D eigenvalue weighted by molar-refractivity contribution is 6.01. The van der Waals surface area contributed by atoms with Gasteiger partial charge in [0.25, 0.3) is 11.8 Å². The molecule has 1 aromatic rings. The molecule has 3 amide bonds. The fourth-order valence-electron chi connectivity index (χ4n) is 3.05. The van der Waals surface area contributed by atoms with E-state index in [-0.39, 0.29) is 36.2 Å². The van der Waals surface area contributed by atoms with Crippen molar-refractivity contribution in [3.8, 4) is 5.75 Å². The molecule has 2 aliphatic heterocycles. The normalized spacial score (nSPS) is 19.8. The minimum atomic E-state index is -0.972. The third kappa shape index (κ3) is 2.93. The van der Waals surface area contributed by atoms with Gasteiger partial charge in [0.1, 0.15) is 11.4 Å². The highest BCUT2D eigenvalue weighted by atomic mass is 19.1. The predicted molar refractivity (Wildman–Crippen MR) is 90.8 cm³/mol. The van der Waals surface area contributed by atoms with Crippen LogP contribution in [0.4, 0.5) is 20.6 Å². The summed E-state index contributed by atoms with van der Waals surface area (Å²) >= 11 is 0. The van der Waals surface area contributed by atoms with Crippen molar-refractivity contribution in [2.75, 3.05) is 30.0 Å². The van der Waals surface area contributed by atoms with Crippen molar-refractivity contribution in [3.05, 3.63) is 17.9 Å². The van der Waals surface area contributed by atoms with Gasteiger partial charge in [0.2, 0.25) is 0 Å². The zero-order valence-corrected chi connectivity index (χ0v) is 15.0. The molecule has 8 nitrogen and oxygen atoms in total. The first-order valence-corrected chi connectivity index (χ1v) is 8.12. The van der Waals surface area contributed by atoms with Gasteiger partial charge in [-0.15, -0.1) is 0 Å². The van der Waals surface area contributed by atoms with E-state index in [2.05, 4.69) is 5.32 Å². The molecule has 26 heavy (non-hydrogen) atoms. The molecule has 3 rings (SSSR count). The van der Waals surface area contributed by atoms with Gasteiger partial charge in [-0.25, -0.2) is 9.18 Å². The lowest BCUT2D eigenvalue weighted by molar-refractivity contribution is -0.127. The van der Waals surface area contributed by atoms with Crippen molar-refractivity contribution in [1.29, 1.82) is 0 Å². The van der Waals surface area contributed by atoms with E-state index in [0.717, 1.165) is 11.0 Å². The number of carbonyl (C=O) groups is 3. The molecule has 1 fully saturated rings. The molecule has 0 aliphatic carbocycles. The third-order valence-electron chi connectivity index (χ3n) is 4.17. The van der Waals surface area contributed by atoms with Crippen molar-refractivity contribution < 1.29 is 28.2 Å². The summed E-state index contributed by atoms with van der Waals surface area (Å²) < 4.78 is 25.2. The second-order valence-electron chi connectivity index (χ2n) is 7.06. The zero-order chi connectivity index (χ0) is 19.2. The molecule has 0 saturated carbocycles. The number of anilines is 2. The molecule has 2 heterocycles. The molecule has 0 spiro atoms.